The van der Waals surface area contributed by atoms with E-state index in [4.69, 9.17) is 0 Å². The molecule has 72 heavy (non-hydrogen) atoms. The Morgan fingerprint density at radius 3 is 1.01 bits per heavy atom. The number of aromatic nitrogens is 3. The van der Waals surface area contributed by atoms with Gasteiger partial charge in [0.2, 0.25) is 0 Å². The smallest absolute Gasteiger partial charge is 0.0346 e. The Bertz CT molecular complexity index is 3540. The van der Waals surface area contributed by atoms with Crippen LogP contribution in [0.25, 0.3) is 66.8 Å². The van der Waals surface area contributed by atoms with Gasteiger partial charge in [0.05, 0.1) is 0 Å². The number of hydrogen-bond donors (Lipinski definition) is 0. The third-order valence-electron chi connectivity index (χ3n) is 15.5. The van der Waals surface area contributed by atoms with Gasteiger partial charge in [-0.1, -0.05) is 173 Å². The van der Waals surface area contributed by atoms with E-state index in [0.29, 0.717) is 0 Å². The molecule has 10 aromatic rings. The summed E-state index contributed by atoms with van der Waals surface area (Å²) in [5, 5.41) is 4.15. The molecule has 3 aliphatic carbocycles. The van der Waals surface area contributed by atoms with Gasteiger partial charge in [-0.3, -0.25) is 15.0 Å². The fraction of sp³-hybridized carbons (Fsp3) is 0.136. The molecular formula is C66H55BrN3OP. The van der Waals surface area contributed by atoms with Crippen molar-refractivity contribution < 1.29 is 5.48 Å². The van der Waals surface area contributed by atoms with Crippen LogP contribution in [0.2, 0.25) is 0 Å². The summed E-state index contributed by atoms with van der Waals surface area (Å²) >= 11 is 3.60. The first-order chi connectivity index (χ1) is 34.4. The van der Waals surface area contributed by atoms with Gasteiger partial charge in [0, 0.05) is 57.9 Å². The van der Waals surface area contributed by atoms with Crippen molar-refractivity contribution >= 4 is 39.8 Å². The maximum atomic E-state index is 4.38. The van der Waals surface area contributed by atoms with E-state index in [1.165, 1.54) is 105 Å². The lowest BCUT2D eigenvalue weighted by Gasteiger charge is -2.26. The topological polar surface area (TPSA) is 70.2 Å². The second-order valence-electron chi connectivity index (χ2n) is 20.7. The normalized spacial score (nSPS) is 14.4. The van der Waals surface area contributed by atoms with Gasteiger partial charge in [-0.15, -0.1) is 0 Å². The highest BCUT2D eigenvalue weighted by molar-refractivity contribution is 9.10. The number of fused-ring (bicyclic) bond motifs is 9. The van der Waals surface area contributed by atoms with Crippen LogP contribution in [-0.4, -0.2) is 20.4 Å². The standard InChI is InChI=1S/C46H37N2P.C20H16BrN.H2O/c1-45(2)41-24-30(32-10-8-22-47-28-32)14-18-37(41)39-20-16-35(26-43(39)45)49(34-12-6-5-7-13-34)36-17-21-40-38-19-15-31(33-11-9-23-48-29-33)25-42(38)46(3,4)44(40)27-36;1-20(2)18-10-13(14-4-3-9-22-12-14)5-7-16(18)17-8-6-15(21)11-19(17)20;/h5-29H,1-4H3;3-12H,1-2H3;1H2. The summed E-state index contributed by atoms with van der Waals surface area (Å²) in [6.45, 7) is 14.1. The average Bonchev–Trinajstić information content (AvgIpc) is 3.88. The third kappa shape index (κ3) is 7.87. The van der Waals surface area contributed by atoms with E-state index in [0.717, 1.165) is 15.6 Å². The summed E-state index contributed by atoms with van der Waals surface area (Å²) in [6.07, 6.45) is 11.3. The fourth-order valence-corrected chi connectivity index (χ4v) is 14.3. The Hall–Kier alpha value is -7.14. The lowest BCUT2D eigenvalue weighted by atomic mass is 9.81. The second-order valence-corrected chi connectivity index (χ2v) is 23.8. The first-order valence-electron chi connectivity index (χ1n) is 24.5. The Kier molecular flexibility index (Phi) is 11.9. The predicted molar refractivity (Wildman–Crippen MR) is 305 cm³/mol. The maximum absolute atomic E-state index is 4.38. The van der Waals surface area contributed by atoms with Gasteiger partial charge in [-0.25, -0.2) is 0 Å². The van der Waals surface area contributed by atoms with Crippen molar-refractivity contribution in [2.45, 2.75) is 57.8 Å². The van der Waals surface area contributed by atoms with Gasteiger partial charge in [0.15, 0.2) is 0 Å². The molecule has 3 aromatic heterocycles. The molecule has 0 fully saturated rings. The molecule has 0 atom stereocenters. The van der Waals surface area contributed by atoms with Crippen molar-refractivity contribution in [3.05, 3.63) is 251 Å². The van der Waals surface area contributed by atoms with Crippen LogP contribution < -0.4 is 15.9 Å². The molecular weight excluding hydrogens is 962 g/mol. The zero-order valence-corrected chi connectivity index (χ0v) is 43.9. The van der Waals surface area contributed by atoms with Crippen molar-refractivity contribution in [1.82, 2.24) is 15.0 Å². The summed E-state index contributed by atoms with van der Waals surface area (Å²) < 4.78 is 1.14. The van der Waals surface area contributed by atoms with Gasteiger partial charge in [0.1, 0.15) is 0 Å². The van der Waals surface area contributed by atoms with E-state index in [9.17, 15) is 0 Å². The molecule has 0 saturated heterocycles. The summed E-state index contributed by atoms with van der Waals surface area (Å²) in [4.78, 5) is 13.0. The van der Waals surface area contributed by atoms with Crippen molar-refractivity contribution in [2.24, 2.45) is 0 Å². The number of halogens is 1. The van der Waals surface area contributed by atoms with Crippen LogP contribution in [0.4, 0.5) is 0 Å². The summed E-state index contributed by atoms with van der Waals surface area (Å²) in [5.41, 5.74) is 23.3. The van der Waals surface area contributed by atoms with Gasteiger partial charge >= 0.3 is 0 Å². The van der Waals surface area contributed by atoms with Crippen LogP contribution in [-0.2, 0) is 16.2 Å². The Balaban J connectivity index is 0.000000204. The van der Waals surface area contributed by atoms with Crippen LogP contribution in [0.15, 0.2) is 218 Å². The minimum absolute atomic E-state index is 0. The highest BCUT2D eigenvalue weighted by Gasteiger charge is 2.39. The lowest BCUT2D eigenvalue weighted by Crippen LogP contribution is -2.24. The van der Waals surface area contributed by atoms with Gasteiger partial charge < -0.3 is 5.48 Å². The first kappa shape index (κ1) is 47.2. The van der Waals surface area contributed by atoms with E-state index in [1.54, 1.807) is 0 Å². The SMILES string of the molecule is CC1(C)c2cc(-c3cccnc3)ccc2-c2ccc(P(c3ccccc3)c3ccc4c(c3)C(C)(C)c3cc(-c5cccnc5)ccc3-4)cc21.CC1(C)c2cc(Br)ccc2-c2ccc(-c3cccnc3)cc21.O. The van der Waals surface area contributed by atoms with E-state index in [1.807, 2.05) is 55.4 Å². The minimum atomic E-state index is -0.795. The molecule has 0 saturated carbocycles. The molecule has 352 valence electrons. The van der Waals surface area contributed by atoms with Crippen molar-refractivity contribution in [1.29, 1.82) is 0 Å². The van der Waals surface area contributed by atoms with E-state index >= 15 is 0 Å². The zero-order valence-electron chi connectivity index (χ0n) is 41.4. The molecule has 3 aliphatic rings. The number of nitrogens with zero attached hydrogens (tertiary/aromatic N) is 3. The largest absolute Gasteiger partial charge is 0.412 e. The van der Waals surface area contributed by atoms with Crippen molar-refractivity contribution in [2.75, 3.05) is 0 Å². The molecule has 0 bridgehead atoms. The molecule has 0 unspecified atom stereocenters. The zero-order chi connectivity index (χ0) is 48.6. The van der Waals surface area contributed by atoms with Gasteiger partial charge in [-0.2, -0.15) is 0 Å². The molecule has 0 radical (unpaired) electrons. The molecule has 2 N–H and O–H groups in total. The Morgan fingerprint density at radius 1 is 0.319 bits per heavy atom. The number of pyridine rings is 3. The fourth-order valence-electron chi connectivity index (χ4n) is 11.6. The quantitative estimate of drug-likeness (QED) is 0.156. The minimum Gasteiger partial charge on any atom is -0.412 e. The number of benzene rings is 7. The average molecular weight is 1020 g/mol. The summed E-state index contributed by atoms with van der Waals surface area (Å²) in [6, 6.07) is 65.4. The molecule has 0 spiro atoms. The second kappa shape index (κ2) is 18.2. The first-order valence-corrected chi connectivity index (χ1v) is 26.6. The summed E-state index contributed by atoms with van der Waals surface area (Å²) in [5.74, 6) is 0. The maximum Gasteiger partial charge on any atom is 0.0346 e. The van der Waals surface area contributed by atoms with Crippen molar-refractivity contribution in [3.8, 4) is 66.8 Å². The monoisotopic (exact) mass is 1020 g/mol. The predicted octanol–water partition coefficient (Wildman–Crippen LogP) is 15.2. The van der Waals surface area contributed by atoms with Crippen LogP contribution in [0, 0.1) is 0 Å². The molecule has 4 nitrogen and oxygen atoms in total. The molecule has 0 aliphatic heterocycles. The van der Waals surface area contributed by atoms with Gasteiger partial charge in [0.25, 0.3) is 0 Å². The van der Waals surface area contributed by atoms with Crippen LogP contribution in [0.3, 0.4) is 0 Å². The van der Waals surface area contributed by atoms with E-state index < -0.39 is 7.92 Å². The van der Waals surface area contributed by atoms with Gasteiger partial charge in [-0.05, 0) is 185 Å². The van der Waals surface area contributed by atoms with Crippen LogP contribution in [0.1, 0.15) is 74.9 Å². The van der Waals surface area contributed by atoms with Crippen molar-refractivity contribution in [3.63, 3.8) is 0 Å². The van der Waals surface area contributed by atoms with Crippen LogP contribution >= 0.6 is 23.9 Å². The Morgan fingerprint density at radius 2 is 0.653 bits per heavy atom. The molecule has 0 amide bonds. The highest BCUT2D eigenvalue weighted by Crippen LogP contribution is 2.53. The lowest BCUT2D eigenvalue weighted by molar-refractivity contribution is 0.660. The van der Waals surface area contributed by atoms with E-state index in [-0.39, 0.29) is 21.7 Å². The molecule has 13 rings (SSSR count). The van der Waals surface area contributed by atoms with E-state index in [2.05, 4.69) is 230 Å². The molecule has 6 heteroatoms. The molecule has 3 heterocycles. The molecule has 7 aromatic carbocycles. The van der Waals surface area contributed by atoms with Crippen LogP contribution in [0.5, 0.6) is 0 Å². The number of hydrogen-bond acceptors (Lipinski definition) is 3. The Labute approximate surface area is 433 Å². The number of rotatable bonds is 6. The highest BCUT2D eigenvalue weighted by atomic mass is 79.9. The summed E-state index contributed by atoms with van der Waals surface area (Å²) in [7, 11) is -0.795. The third-order valence-corrected chi connectivity index (χ3v) is 18.4.